The first-order chi connectivity index (χ1) is 7.99. The maximum absolute atomic E-state index is 13.2. The minimum Gasteiger partial charge on any atom is -0.320 e. The molecule has 1 aliphatic heterocycles. The monoisotopic (exact) mass is 239 g/mol. The highest BCUT2D eigenvalue weighted by molar-refractivity contribution is 5.99. The van der Waals surface area contributed by atoms with Crippen molar-refractivity contribution in [3.63, 3.8) is 0 Å². The van der Waals surface area contributed by atoms with Gasteiger partial charge >= 0.3 is 0 Å². The number of amides is 1. The fourth-order valence-electron chi connectivity index (χ4n) is 1.78. The van der Waals surface area contributed by atoms with Gasteiger partial charge < -0.3 is 10.6 Å². The topological polar surface area (TPSA) is 89.5 Å². The van der Waals surface area contributed by atoms with Crippen molar-refractivity contribution in [3.8, 4) is 0 Å². The number of nitrogens with two attached hydrogens (primary N) is 1. The van der Waals surface area contributed by atoms with Gasteiger partial charge in [0.15, 0.2) is 0 Å². The predicted molar refractivity (Wildman–Crippen MR) is 58.0 cm³/mol. The van der Waals surface area contributed by atoms with Crippen molar-refractivity contribution in [2.24, 2.45) is 5.73 Å². The van der Waals surface area contributed by atoms with Crippen molar-refractivity contribution < 1.29 is 14.1 Å². The number of carbonyl (C=O) groups excluding carboxylic acids is 1. The van der Waals surface area contributed by atoms with Crippen LogP contribution in [-0.2, 0) is 4.79 Å². The Labute approximate surface area is 96.0 Å². The highest BCUT2D eigenvalue weighted by Crippen LogP contribution is 2.26. The van der Waals surface area contributed by atoms with Crippen molar-refractivity contribution in [3.05, 3.63) is 34.1 Å². The van der Waals surface area contributed by atoms with Crippen LogP contribution in [0, 0.1) is 15.9 Å². The Balaban J connectivity index is 2.39. The Morgan fingerprint density at radius 3 is 2.71 bits per heavy atom. The lowest BCUT2D eigenvalue weighted by Gasteiger charge is -2.15. The number of non-ortho nitro benzene ring substituents is 1. The van der Waals surface area contributed by atoms with Gasteiger partial charge in [-0.25, -0.2) is 4.39 Å². The number of benzene rings is 1. The van der Waals surface area contributed by atoms with Gasteiger partial charge in [-0.3, -0.25) is 14.9 Å². The van der Waals surface area contributed by atoms with E-state index in [4.69, 9.17) is 5.73 Å². The number of nitro benzene ring substituents is 1. The Bertz CT molecular complexity index is 492. The van der Waals surface area contributed by atoms with E-state index >= 15 is 0 Å². The van der Waals surface area contributed by atoms with E-state index in [1.54, 1.807) is 0 Å². The maximum Gasteiger partial charge on any atom is 0.274 e. The molecule has 0 saturated carbocycles. The van der Waals surface area contributed by atoms with Crippen molar-refractivity contribution >= 4 is 17.3 Å². The van der Waals surface area contributed by atoms with Gasteiger partial charge in [0.1, 0.15) is 5.82 Å². The van der Waals surface area contributed by atoms with E-state index in [1.165, 1.54) is 11.0 Å². The molecular formula is C10H10FN3O3. The highest BCUT2D eigenvalue weighted by atomic mass is 19.1. The Morgan fingerprint density at radius 2 is 2.18 bits per heavy atom. The predicted octanol–water partition coefficient (Wildman–Crippen LogP) is 0.798. The second-order valence-electron chi connectivity index (χ2n) is 3.81. The summed E-state index contributed by atoms with van der Waals surface area (Å²) in [7, 11) is 0. The highest BCUT2D eigenvalue weighted by Gasteiger charge is 2.30. The first kappa shape index (κ1) is 11.5. The number of halogens is 1. The summed E-state index contributed by atoms with van der Waals surface area (Å²) < 4.78 is 13.2. The van der Waals surface area contributed by atoms with Crippen LogP contribution in [-0.4, -0.2) is 23.4 Å². The molecule has 1 heterocycles. The number of hydrogen-bond donors (Lipinski definition) is 1. The van der Waals surface area contributed by atoms with Crippen LogP contribution in [0.15, 0.2) is 18.2 Å². The molecule has 1 aromatic rings. The number of carbonyl (C=O) groups is 1. The normalized spacial score (nSPS) is 19.8. The van der Waals surface area contributed by atoms with Crippen LogP contribution in [0.2, 0.25) is 0 Å². The quantitative estimate of drug-likeness (QED) is 0.610. The second-order valence-corrected chi connectivity index (χ2v) is 3.81. The summed E-state index contributed by atoms with van der Waals surface area (Å²) in [5, 5.41) is 10.6. The molecule has 0 spiro atoms. The number of rotatable bonds is 2. The molecule has 90 valence electrons. The van der Waals surface area contributed by atoms with Crippen LogP contribution < -0.4 is 10.6 Å². The van der Waals surface area contributed by atoms with Gasteiger partial charge in [-0.15, -0.1) is 0 Å². The van der Waals surface area contributed by atoms with Gasteiger partial charge in [0.2, 0.25) is 5.91 Å². The third kappa shape index (κ3) is 2.09. The lowest BCUT2D eigenvalue weighted by atomic mass is 10.2. The molecule has 1 aliphatic rings. The van der Waals surface area contributed by atoms with Gasteiger partial charge in [-0.05, 0) is 12.5 Å². The Morgan fingerprint density at radius 1 is 1.47 bits per heavy atom. The number of anilines is 1. The zero-order valence-corrected chi connectivity index (χ0v) is 8.80. The zero-order chi connectivity index (χ0) is 12.6. The molecule has 7 heteroatoms. The molecule has 0 bridgehead atoms. The summed E-state index contributed by atoms with van der Waals surface area (Å²) in [5.74, 6) is -1.09. The minimum atomic E-state index is -0.748. The van der Waals surface area contributed by atoms with E-state index in [-0.39, 0.29) is 17.3 Å². The summed E-state index contributed by atoms with van der Waals surface area (Å²) in [5.41, 5.74) is 5.32. The number of hydrogen-bond acceptors (Lipinski definition) is 4. The van der Waals surface area contributed by atoms with E-state index in [0.29, 0.717) is 13.0 Å². The average molecular weight is 239 g/mol. The van der Waals surface area contributed by atoms with Crippen molar-refractivity contribution in [1.82, 2.24) is 0 Å². The number of nitrogens with zero attached hydrogens (tertiary/aromatic N) is 2. The molecule has 1 aromatic carbocycles. The van der Waals surface area contributed by atoms with Gasteiger partial charge in [0, 0.05) is 12.6 Å². The summed E-state index contributed by atoms with van der Waals surface area (Å²) in [6.07, 6.45) is 0.461. The molecule has 1 saturated heterocycles. The Hall–Kier alpha value is -2.02. The van der Waals surface area contributed by atoms with Crippen LogP contribution in [0.4, 0.5) is 15.8 Å². The smallest absolute Gasteiger partial charge is 0.274 e. The first-order valence-electron chi connectivity index (χ1n) is 5.01. The van der Waals surface area contributed by atoms with Gasteiger partial charge in [0.25, 0.3) is 5.69 Å². The van der Waals surface area contributed by atoms with Crippen LogP contribution >= 0.6 is 0 Å². The van der Waals surface area contributed by atoms with Gasteiger partial charge in [-0.1, -0.05) is 0 Å². The molecular weight excluding hydrogens is 229 g/mol. The molecule has 0 radical (unpaired) electrons. The molecule has 1 unspecified atom stereocenters. The lowest BCUT2D eigenvalue weighted by Crippen LogP contribution is -2.34. The number of nitro groups is 1. The largest absolute Gasteiger partial charge is 0.320 e. The molecule has 1 fully saturated rings. The molecule has 2 N–H and O–H groups in total. The van der Waals surface area contributed by atoms with E-state index < -0.39 is 16.8 Å². The molecule has 17 heavy (non-hydrogen) atoms. The fraction of sp³-hybridized carbons (Fsp3) is 0.300. The molecule has 1 amide bonds. The van der Waals surface area contributed by atoms with Gasteiger partial charge in [-0.2, -0.15) is 0 Å². The third-order valence-corrected chi connectivity index (χ3v) is 2.64. The third-order valence-electron chi connectivity index (χ3n) is 2.64. The van der Waals surface area contributed by atoms with Crippen LogP contribution in [0.25, 0.3) is 0 Å². The van der Waals surface area contributed by atoms with Crippen molar-refractivity contribution in [1.29, 1.82) is 0 Å². The van der Waals surface area contributed by atoms with Crippen molar-refractivity contribution in [2.45, 2.75) is 12.5 Å². The second kappa shape index (κ2) is 4.10. The maximum atomic E-state index is 13.2. The van der Waals surface area contributed by atoms with Crippen LogP contribution in [0.5, 0.6) is 0 Å². The van der Waals surface area contributed by atoms with E-state index in [0.717, 1.165) is 12.1 Å². The molecule has 0 aromatic heterocycles. The minimum absolute atomic E-state index is 0.176. The first-order valence-corrected chi connectivity index (χ1v) is 5.01. The fourth-order valence-corrected chi connectivity index (χ4v) is 1.78. The SMILES string of the molecule is NC1CCN(c2cc(F)cc([N+](=O)[O-])c2)C1=O. The van der Waals surface area contributed by atoms with E-state index in [9.17, 15) is 19.3 Å². The summed E-state index contributed by atoms with van der Waals surface area (Å²) in [6.45, 7) is 0.348. The molecule has 0 aliphatic carbocycles. The Kier molecular flexibility index (Phi) is 2.76. The van der Waals surface area contributed by atoms with E-state index in [1.807, 2.05) is 0 Å². The van der Waals surface area contributed by atoms with E-state index in [2.05, 4.69) is 0 Å². The molecule has 1 atom stereocenters. The molecule has 2 rings (SSSR count). The average Bonchev–Trinajstić information content (AvgIpc) is 2.59. The van der Waals surface area contributed by atoms with Crippen molar-refractivity contribution in [2.75, 3.05) is 11.4 Å². The summed E-state index contributed by atoms with van der Waals surface area (Å²) in [6, 6.07) is 2.45. The zero-order valence-electron chi connectivity index (χ0n) is 8.80. The van der Waals surface area contributed by atoms with Crippen LogP contribution in [0.3, 0.4) is 0 Å². The molecule has 6 nitrogen and oxygen atoms in total. The summed E-state index contributed by atoms with van der Waals surface area (Å²) in [4.78, 5) is 22.7. The summed E-state index contributed by atoms with van der Waals surface area (Å²) >= 11 is 0. The lowest BCUT2D eigenvalue weighted by molar-refractivity contribution is -0.385. The van der Waals surface area contributed by atoms with Gasteiger partial charge in [0.05, 0.1) is 22.7 Å². The van der Waals surface area contributed by atoms with Crippen LogP contribution in [0.1, 0.15) is 6.42 Å². The standard InChI is InChI=1S/C10H10FN3O3/c11-6-3-7(5-8(4-6)14(16)17)13-2-1-9(12)10(13)15/h3-5,9H,1-2,12H2.